The van der Waals surface area contributed by atoms with E-state index in [0.717, 1.165) is 51.8 Å². The van der Waals surface area contributed by atoms with Gasteiger partial charge in [-0.05, 0) is 38.8 Å². The van der Waals surface area contributed by atoms with Gasteiger partial charge in [0.15, 0.2) is 0 Å². The quantitative estimate of drug-likeness (QED) is 0.534. The molecule has 4 heteroatoms. The molecule has 0 aromatic carbocycles. The minimum Gasteiger partial charge on any atom is -0.463 e. The van der Waals surface area contributed by atoms with Gasteiger partial charge in [-0.25, -0.2) is 0 Å². The maximum Gasteiger partial charge on any atom is 0.312 e. The second-order valence-electron chi connectivity index (χ2n) is 5.03. The molecule has 1 aliphatic rings. The molecule has 1 heterocycles. The van der Waals surface area contributed by atoms with Gasteiger partial charge in [0, 0.05) is 6.61 Å². The van der Waals surface area contributed by atoms with Gasteiger partial charge in [-0.15, -0.1) is 0 Å². The number of carbonyl (C=O) groups is 1. The molecular formula is C14H27NO3. The van der Waals surface area contributed by atoms with E-state index in [0.29, 0.717) is 13.2 Å². The lowest BCUT2D eigenvalue weighted by atomic mass is 9.75. The molecule has 0 bridgehead atoms. The van der Waals surface area contributed by atoms with E-state index in [1.54, 1.807) is 0 Å². The number of hydrogen-bond acceptors (Lipinski definition) is 4. The van der Waals surface area contributed by atoms with Crippen LogP contribution in [0.15, 0.2) is 0 Å². The van der Waals surface area contributed by atoms with Gasteiger partial charge in [-0.2, -0.15) is 0 Å². The van der Waals surface area contributed by atoms with Crippen molar-refractivity contribution in [2.75, 3.05) is 32.9 Å². The molecule has 0 aliphatic carbocycles. The van der Waals surface area contributed by atoms with Crippen LogP contribution in [0.4, 0.5) is 0 Å². The highest BCUT2D eigenvalue weighted by atomic mass is 16.6. The van der Waals surface area contributed by atoms with Gasteiger partial charge in [-0.1, -0.05) is 20.3 Å². The van der Waals surface area contributed by atoms with Crippen molar-refractivity contribution in [3.05, 3.63) is 0 Å². The molecule has 0 radical (unpaired) electrons. The summed E-state index contributed by atoms with van der Waals surface area (Å²) in [6.07, 6.45) is 4.76. The van der Waals surface area contributed by atoms with E-state index >= 15 is 0 Å². The lowest BCUT2D eigenvalue weighted by Crippen LogP contribution is -2.43. The molecule has 1 rings (SSSR count). The Bertz CT molecular complexity index is 232. The molecule has 0 saturated carbocycles. The molecule has 1 aliphatic heterocycles. The first-order valence-corrected chi connectivity index (χ1v) is 7.21. The average molecular weight is 257 g/mol. The molecule has 0 amide bonds. The molecule has 106 valence electrons. The number of piperidine rings is 1. The first-order valence-electron chi connectivity index (χ1n) is 7.21. The summed E-state index contributed by atoms with van der Waals surface area (Å²) in [5.41, 5.74) is -0.245. The van der Waals surface area contributed by atoms with Crippen LogP contribution in [0.1, 0.15) is 46.0 Å². The smallest absolute Gasteiger partial charge is 0.312 e. The summed E-state index contributed by atoms with van der Waals surface area (Å²) in [4.78, 5) is 12.2. The van der Waals surface area contributed by atoms with Crippen LogP contribution in [0, 0.1) is 5.41 Å². The molecule has 0 unspecified atom stereocenters. The van der Waals surface area contributed by atoms with Gasteiger partial charge in [0.05, 0.1) is 12.0 Å². The topological polar surface area (TPSA) is 47.6 Å². The van der Waals surface area contributed by atoms with E-state index < -0.39 is 0 Å². The summed E-state index contributed by atoms with van der Waals surface area (Å²) < 4.78 is 10.7. The predicted octanol–water partition coefficient (Wildman–Crippen LogP) is 2.13. The number of esters is 1. The number of rotatable bonds is 8. The third-order valence-corrected chi connectivity index (χ3v) is 3.53. The zero-order valence-electron chi connectivity index (χ0n) is 11.8. The monoisotopic (exact) mass is 257 g/mol. The Morgan fingerprint density at radius 2 is 1.83 bits per heavy atom. The van der Waals surface area contributed by atoms with Crippen LogP contribution in [0.2, 0.25) is 0 Å². The van der Waals surface area contributed by atoms with Crippen LogP contribution in [0.3, 0.4) is 0 Å². The van der Waals surface area contributed by atoms with E-state index in [1.807, 2.05) is 0 Å². The minimum atomic E-state index is -0.245. The van der Waals surface area contributed by atoms with Crippen LogP contribution < -0.4 is 5.32 Å². The second kappa shape index (κ2) is 8.48. The summed E-state index contributed by atoms with van der Waals surface area (Å²) in [7, 11) is 0. The van der Waals surface area contributed by atoms with Crippen LogP contribution in [-0.2, 0) is 14.3 Å². The van der Waals surface area contributed by atoms with Crippen molar-refractivity contribution < 1.29 is 14.3 Å². The van der Waals surface area contributed by atoms with Crippen LogP contribution in [-0.4, -0.2) is 38.9 Å². The van der Waals surface area contributed by atoms with Gasteiger partial charge in [0.25, 0.3) is 0 Å². The summed E-state index contributed by atoms with van der Waals surface area (Å²) in [6, 6.07) is 0. The maximum absolute atomic E-state index is 12.2. The van der Waals surface area contributed by atoms with E-state index in [9.17, 15) is 4.79 Å². The average Bonchev–Trinajstić information content (AvgIpc) is 2.39. The van der Waals surface area contributed by atoms with Gasteiger partial charge in [-0.3, -0.25) is 4.79 Å². The predicted molar refractivity (Wildman–Crippen MR) is 71.5 cm³/mol. The molecule has 4 nitrogen and oxygen atoms in total. The normalized spacial score (nSPS) is 18.6. The molecule has 0 atom stereocenters. The highest BCUT2D eigenvalue weighted by molar-refractivity contribution is 5.77. The van der Waals surface area contributed by atoms with E-state index in [2.05, 4.69) is 19.2 Å². The van der Waals surface area contributed by atoms with Gasteiger partial charge in [0.2, 0.25) is 0 Å². The molecule has 18 heavy (non-hydrogen) atoms. The Morgan fingerprint density at radius 1 is 1.11 bits per heavy atom. The van der Waals surface area contributed by atoms with Crippen LogP contribution in [0.25, 0.3) is 0 Å². The highest BCUT2D eigenvalue weighted by Crippen LogP contribution is 2.35. The number of carbonyl (C=O) groups excluding carboxylic acids is 1. The summed E-state index contributed by atoms with van der Waals surface area (Å²) in [5, 5.41) is 3.30. The Balaban J connectivity index is 2.35. The summed E-state index contributed by atoms with van der Waals surface area (Å²) in [5.74, 6) is -0.0223. The highest BCUT2D eigenvalue weighted by Gasteiger charge is 2.39. The zero-order chi connectivity index (χ0) is 13.3. The number of ether oxygens (including phenoxy) is 2. The zero-order valence-corrected chi connectivity index (χ0v) is 11.8. The fraction of sp³-hybridized carbons (Fsp3) is 0.929. The summed E-state index contributed by atoms with van der Waals surface area (Å²) >= 11 is 0. The van der Waals surface area contributed by atoms with Crippen molar-refractivity contribution in [1.82, 2.24) is 5.32 Å². The molecule has 1 saturated heterocycles. The van der Waals surface area contributed by atoms with Gasteiger partial charge in [0.1, 0.15) is 6.61 Å². The van der Waals surface area contributed by atoms with Crippen molar-refractivity contribution in [2.45, 2.75) is 46.0 Å². The van der Waals surface area contributed by atoms with Crippen LogP contribution in [0.5, 0.6) is 0 Å². The molecule has 1 fully saturated rings. The first kappa shape index (κ1) is 15.4. The first-order chi connectivity index (χ1) is 8.75. The SMILES string of the molecule is CCCOCCOC(=O)C1(CCC)CCNCC1. The number of nitrogens with one attached hydrogen (secondary N) is 1. The standard InChI is InChI=1S/C14H27NO3/c1-3-5-14(6-8-15-9-7-14)13(16)18-12-11-17-10-4-2/h15H,3-12H2,1-2H3. The molecular weight excluding hydrogens is 230 g/mol. The molecule has 1 N–H and O–H groups in total. The van der Waals surface area contributed by atoms with Crippen LogP contribution >= 0.6 is 0 Å². The second-order valence-corrected chi connectivity index (χ2v) is 5.03. The van der Waals surface area contributed by atoms with Crippen molar-refractivity contribution >= 4 is 5.97 Å². The Labute approximate surface area is 110 Å². The molecule has 0 aromatic rings. The Hall–Kier alpha value is -0.610. The van der Waals surface area contributed by atoms with Crippen molar-refractivity contribution in [1.29, 1.82) is 0 Å². The maximum atomic E-state index is 12.2. The van der Waals surface area contributed by atoms with Crippen molar-refractivity contribution in [3.63, 3.8) is 0 Å². The Kier molecular flexibility index (Phi) is 7.28. The summed E-state index contributed by atoms with van der Waals surface area (Å²) in [6.45, 7) is 7.67. The van der Waals surface area contributed by atoms with E-state index in [-0.39, 0.29) is 11.4 Å². The van der Waals surface area contributed by atoms with Gasteiger partial charge >= 0.3 is 5.97 Å². The Morgan fingerprint density at radius 3 is 2.44 bits per heavy atom. The largest absolute Gasteiger partial charge is 0.463 e. The van der Waals surface area contributed by atoms with Crippen molar-refractivity contribution in [3.8, 4) is 0 Å². The lowest BCUT2D eigenvalue weighted by molar-refractivity contribution is -0.160. The third-order valence-electron chi connectivity index (χ3n) is 3.53. The number of hydrogen-bond donors (Lipinski definition) is 1. The molecule has 0 aromatic heterocycles. The lowest BCUT2D eigenvalue weighted by Gasteiger charge is -2.35. The van der Waals surface area contributed by atoms with Crippen molar-refractivity contribution in [2.24, 2.45) is 5.41 Å². The minimum absolute atomic E-state index is 0.0223. The van der Waals surface area contributed by atoms with Gasteiger partial charge < -0.3 is 14.8 Å². The van der Waals surface area contributed by atoms with E-state index in [4.69, 9.17) is 9.47 Å². The van der Waals surface area contributed by atoms with E-state index in [1.165, 1.54) is 0 Å². The molecule has 0 spiro atoms. The fourth-order valence-electron chi connectivity index (χ4n) is 2.53. The fourth-order valence-corrected chi connectivity index (χ4v) is 2.53. The third kappa shape index (κ3) is 4.58.